The molecule has 2 rings (SSSR count). The highest BCUT2D eigenvalue weighted by Gasteiger charge is 2.16. The molecule has 0 aromatic carbocycles. The van der Waals surface area contributed by atoms with Gasteiger partial charge in [-0.25, -0.2) is 0 Å². The number of nitrogens with zero attached hydrogens (tertiary/aromatic N) is 3. The molecule has 76 valence electrons. The summed E-state index contributed by atoms with van der Waals surface area (Å²) >= 11 is 0. The summed E-state index contributed by atoms with van der Waals surface area (Å²) in [5.74, 6) is 0.707. The molecule has 6 heteroatoms. The van der Waals surface area contributed by atoms with Crippen LogP contribution in [0.2, 0.25) is 0 Å². The molecular weight excluding hydrogens is 184 g/mol. The Hall–Kier alpha value is -1.43. The van der Waals surface area contributed by atoms with Crippen LogP contribution in [0.15, 0.2) is 12.4 Å². The fraction of sp³-hybridized carbons (Fsp3) is 0.625. The van der Waals surface area contributed by atoms with E-state index in [1.165, 1.54) is 12.4 Å². The lowest BCUT2D eigenvalue weighted by molar-refractivity contribution is -0.385. The summed E-state index contributed by atoms with van der Waals surface area (Å²) in [5.41, 5.74) is 0.0664. The van der Waals surface area contributed by atoms with E-state index in [4.69, 9.17) is 0 Å². The quantitative estimate of drug-likeness (QED) is 0.558. The van der Waals surface area contributed by atoms with Crippen LogP contribution in [0.25, 0.3) is 0 Å². The first-order valence-electron chi connectivity index (χ1n) is 4.63. The number of aryl methyl sites for hydroxylation is 1. The Morgan fingerprint density at radius 3 is 3.00 bits per heavy atom. The second-order valence-electron chi connectivity index (χ2n) is 3.53. The Bertz CT molecular complexity index is 332. The van der Waals surface area contributed by atoms with Crippen LogP contribution in [0.3, 0.4) is 0 Å². The van der Waals surface area contributed by atoms with Crippen molar-refractivity contribution in [1.29, 1.82) is 0 Å². The number of hydrogen-bond donors (Lipinski definition) is 1. The van der Waals surface area contributed by atoms with Crippen molar-refractivity contribution in [2.45, 2.75) is 13.0 Å². The van der Waals surface area contributed by atoms with Gasteiger partial charge in [0.25, 0.3) is 0 Å². The average Bonchev–Trinajstić information content (AvgIpc) is 2.50. The highest BCUT2D eigenvalue weighted by atomic mass is 16.6. The van der Waals surface area contributed by atoms with Gasteiger partial charge in [-0.1, -0.05) is 0 Å². The summed E-state index contributed by atoms with van der Waals surface area (Å²) < 4.78 is 1.64. The topological polar surface area (TPSA) is 73.0 Å². The van der Waals surface area contributed by atoms with E-state index in [2.05, 4.69) is 10.4 Å². The lowest BCUT2D eigenvalue weighted by Crippen LogP contribution is -2.42. The van der Waals surface area contributed by atoms with Gasteiger partial charge in [0.05, 0.1) is 4.92 Å². The smallest absolute Gasteiger partial charge is 0.306 e. The van der Waals surface area contributed by atoms with Crippen LogP contribution in [0.5, 0.6) is 0 Å². The minimum Gasteiger partial charge on any atom is -0.316 e. The number of nitro groups is 1. The van der Waals surface area contributed by atoms with E-state index in [0.29, 0.717) is 5.92 Å². The fourth-order valence-electron chi connectivity index (χ4n) is 1.44. The van der Waals surface area contributed by atoms with Crippen molar-refractivity contribution in [2.24, 2.45) is 5.92 Å². The van der Waals surface area contributed by atoms with Gasteiger partial charge in [-0.2, -0.15) is 5.10 Å². The van der Waals surface area contributed by atoms with Gasteiger partial charge >= 0.3 is 5.69 Å². The first-order valence-corrected chi connectivity index (χ1v) is 4.63. The van der Waals surface area contributed by atoms with E-state index >= 15 is 0 Å². The standard InChI is InChI=1S/C8H12N4O2/c13-12(14)8-5-10-11(6-8)2-1-7-3-9-4-7/h5-7,9H,1-4H2. The van der Waals surface area contributed by atoms with Crippen LogP contribution >= 0.6 is 0 Å². The van der Waals surface area contributed by atoms with Gasteiger partial charge in [0.2, 0.25) is 0 Å². The summed E-state index contributed by atoms with van der Waals surface area (Å²) in [4.78, 5) is 9.94. The molecule has 1 aliphatic rings. The van der Waals surface area contributed by atoms with Crippen LogP contribution < -0.4 is 5.32 Å². The van der Waals surface area contributed by atoms with Crippen molar-refractivity contribution >= 4 is 5.69 Å². The molecule has 2 heterocycles. The van der Waals surface area contributed by atoms with E-state index in [-0.39, 0.29) is 5.69 Å². The van der Waals surface area contributed by atoms with Crippen molar-refractivity contribution in [1.82, 2.24) is 15.1 Å². The van der Waals surface area contributed by atoms with Gasteiger partial charge in [0.1, 0.15) is 12.4 Å². The molecule has 0 aliphatic carbocycles. The van der Waals surface area contributed by atoms with Crippen molar-refractivity contribution in [3.63, 3.8) is 0 Å². The van der Waals surface area contributed by atoms with Gasteiger partial charge < -0.3 is 5.32 Å². The highest BCUT2D eigenvalue weighted by molar-refractivity contribution is 5.20. The molecule has 14 heavy (non-hydrogen) atoms. The zero-order valence-electron chi connectivity index (χ0n) is 7.72. The summed E-state index contributed by atoms with van der Waals surface area (Å²) in [5, 5.41) is 17.5. The van der Waals surface area contributed by atoms with E-state index in [0.717, 1.165) is 26.1 Å². The van der Waals surface area contributed by atoms with Crippen molar-refractivity contribution in [3.05, 3.63) is 22.5 Å². The Morgan fingerprint density at radius 1 is 1.71 bits per heavy atom. The van der Waals surface area contributed by atoms with E-state index in [9.17, 15) is 10.1 Å². The summed E-state index contributed by atoms with van der Waals surface area (Å²) in [6.45, 7) is 2.88. The molecule has 0 atom stereocenters. The first-order chi connectivity index (χ1) is 6.75. The van der Waals surface area contributed by atoms with Crippen molar-refractivity contribution < 1.29 is 4.92 Å². The van der Waals surface area contributed by atoms with Gasteiger partial charge in [0, 0.05) is 6.54 Å². The predicted molar refractivity (Wildman–Crippen MR) is 49.9 cm³/mol. The zero-order chi connectivity index (χ0) is 9.97. The van der Waals surface area contributed by atoms with Gasteiger partial charge in [0.15, 0.2) is 0 Å². The maximum atomic E-state index is 10.4. The average molecular weight is 196 g/mol. The number of aromatic nitrogens is 2. The third kappa shape index (κ3) is 1.90. The molecule has 0 saturated carbocycles. The number of hydrogen-bond acceptors (Lipinski definition) is 4. The Balaban J connectivity index is 1.86. The van der Waals surface area contributed by atoms with Crippen LogP contribution in [-0.4, -0.2) is 27.8 Å². The SMILES string of the molecule is O=[N+]([O-])c1cnn(CCC2CNC2)c1. The van der Waals surface area contributed by atoms with E-state index < -0.39 is 4.92 Å². The second-order valence-corrected chi connectivity index (χ2v) is 3.53. The molecule has 1 saturated heterocycles. The van der Waals surface area contributed by atoms with Crippen LogP contribution in [0.1, 0.15) is 6.42 Å². The second kappa shape index (κ2) is 3.75. The lowest BCUT2D eigenvalue weighted by Gasteiger charge is -2.26. The molecule has 1 aliphatic heterocycles. The molecule has 0 spiro atoms. The largest absolute Gasteiger partial charge is 0.316 e. The van der Waals surface area contributed by atoms with E-state index in [1.54, 1.807) is 4.68 Å². The molecule has 0 radical (unpaired) electrons. The Labute approximate surface area is 81.1 Å². The highest BCUT2D eigenvalue weighted by Crippen LogP contribution is 2.12. The first kappa shape index (κ1) is 9.14. The summed E-state index contributed by atoms with van der Waals surface area (Å²) in [6.07, 6.45) is 3.80. The molecular formula is C8H12N4O2. The summed E-state index contributed by atoms with van der Waals surface area (Å²) in [7, 11) is 0. The van der Waals surface area contributed by atoms with Gasteiger partial charge in [-0.05, 0) is 25.4 Å². The molecule has 0 bridgehead atoms. The lowest BCUT2D eigenvalue weighted by atomic mass is 10.00. The van der Waals surface area contributed by atoms with Crippen LogP contribution in [0.4, 0.5) is 5.69 Å². The van der Waals surface area contributed by atoms with Crippen LogP contribution in [0, 0.1) is 16.0 Å². The minimum atomic E-state index is -0.422. The Morgan fingerprint density at radius 2 is 2.50 bits per heavy atom. The van der Waals surface area contributed by atoms with Crippen molar-refractivity contribution in [2.75, 3.05) is 13.1 Å². The molecule has 1 fully saturated rings. The van der Waals surface area contributed by atoms with Gasteiger partial charge in [-0.3, -0.25) is 14.8 Å². The molecule has 0 amide bonds. The number of rotatable bonds is 4. The third-order valence-electron chi connectivity index (χ3n) is 2.46. The Kier molecular flexibility index (Phi) is 2.45. The maximum absolute atomic E-state index is 10.4. The third-order valence-corrected chi connectivity index (χ3v) is 2.46. The molecule has 6 nitrogen and oxygen atoms in total. The van der Waals surface area contributed by atoms with E-state index in [1.807, 2.05) is 0 Å². The molecule has 1 N–H and O–H groups in total. The minimum absolute atomic E-state index is 0.0664. The predicted octanol–water partition coefficient (Wildman–Crippen LogP) is 0.401. The zero-order valence-corrected chi connectivity index (χ0v) is 7.72. The molecule has 1 aromatic rings. The van der Waals surface area contributed by atoms with Crippen LogP contribution in [-0.2, 0) is 6.54 Å². The number of nitrogens with one attached hydrogen (secondary N) is 1. The van der Waals surface area contributed by atoms with Gasteiger partial charge in [-0.15, -0.1) is 0 Å². The summed E-state index contributed by atoms with van der Waals surface area (Å²) in [6, 6.07) is 0. The normalized spacial score (nSPS) is 16.6. The maximum Gasteiger partial charge on any atom is 0.306 e. The molecule has 0 unspecified atom stereocenters. The van der Waals surface area contributed by atoms with Crippen molar-refractivity contribution in [3.8, 4) is 0 Å². The molecule has 1 aromatic heterocycles. The monoisotopic (exact) mass is 196 g/mol. The fourth-order valence-corrected chi connectivity index (χ4v) is 1.44.